The molecule has 2 aromatic rings. The van der Waals surface area contributed by atoms with Crippen LogP contribution in [-0.2, 0) is 0 Å². The average Bonchev–Trinajstić information content (AvgIpc) is 2.37. The van der Waals surface area contributed by atoms with Gasteiger partial charge < -0.3 is 4.74 Å². The third kappa shape index (κ3) is 3.05. The molecule has 0 N–H and O–H groups in total. The van der Waals surface area contributed by atoms with Gasteiger partial charge in [0.05, 0.1) is 22.1 Å². The summed E-state index contributed by atoms with van der Waals surface area (Å²) >= 11 is 9.00. The molecule has 2 aromatic carbocycles. The van der Waals surface area contributed by atoms with Crippen LogP contribution in [-0.4, -0.2) is 4.92 Å². The van der Waals surface area contributed by atoms with Gasteiger partial charge in [-0.25, -0.2) is 8.78 Å². The first-order chi connectivity index (χ1) is 9.38. The van der Waals surface area contributed by atoms with Gasteiger partial charge in [0.2, 0.25) is 0 Å². The molecule has 0 heterocycles. The van der Waals surface area contributed by atoms with E-state index < -0.39 is 28.0 Å². The second-order valence-corrected chi connectivity index (χ2v) is 5.00. The SMILES string of the molecule is O=[N+]([O-])c1cc(F)c(Oc2cc(Br)ccc2Cl)c(F)c1. The molecule has 0 aliphatic rings. The van der Waals surface area contributed by atoms with Crippen LogP contribution >= 0.6 is 27.5 Å². The summed E-state index contributed by atoms with van der Waals surface area (Å²) in [5, 5.41) is 10.6. The van der Waals surface area contributed by atoms with Crippen molar-refractivity contribution in [3.63, 3.8) is 0 Å². The molecule has 8 heteroatoms. The van der Waals surface area contributed by atoms with E-state index in [2.05, 4.69) is 15.9 Å². The lowest BCUT2D eigenvalue weighted by Gasteiger charge is -2.09. The maximum atomic E-state index is 13.7. The fourth-order valence-corrected chi connectivity index (χ4v) is 1.91. The lowest BCUT2D eigenvalue weighted by Crippen LogP contribution is -1.96. The average molecular weight is 365 g/mol. The quantitative estimate of drug-likeness (QED) is 0.563. The first-order valence-electron chi connectivity index (χ1n) is 5.15. The minimum absolute atomic E-state index is 0.0210. The van der Waals surface area contributed by atoms with Crippen LogP contribution in [0.25, 0.3) is 0 Å². The van der Waals surface area contributed by atoms with Gasteiger partial charge in [0, 0.05) is 4.47 Å². The molecule has 104 valence electrons. The second kappa shape index (κ2) is 5.72. The van der Waals surface area contributed by atoms with Gasteiger partial charge in [-0.2, -0.15) is 0 Å². The number of nitro groups is 1. The molecule has 0 atom stereocenters. The Labute approximate surface area is 125 Å². The molecule has 0 spiro atoms. The van der Waals surface area contributed by atoms with Gasteiger partial charge in [0.15, 0.2) is 17.4 Å². The van der Waals surface area contributed by atoms with Crippen LogP contribution in [0.5, 0.6) is 11.5 Å². The number of nitrogens with zero attached hydrogens (tertiary/aromatic N) is 1. The van der Waals surface area contributed by atoms with Crippen LogP contribution in [0.15, 0.2) is 34.8 Å². The monoisotopic (exact) mass is 363 g/mol. The number of non-ortho nitro benzene ring substituents is 1. The van der Waals surface area contributed by atoms with E-state index in [1.807, 2.05) is 0 Å². The summed E-state index contributed by atoms with van der Waals surface area (Å²) < 4.78 is 33.0. The van der Waals surface area contributed by atoms with E-state index in [-0.39, 0.29) is 10.8 Å². The van der Waals surface area contributed by atoms with Crippen molar-refractivity contribution in [2.45, 2.75) is 0 Å². The topological polar surface area (TPSA) is 52.4 Å². The molecule has 0 aromatic heterocycles. The van der Waals surface area contributed by atoms with Crippen LogP contribution in [0.1, 0.15) is 0 Å². The van der Waals surface area contributed by atoms with Crippen LogP contribution in [0.4, 0.5) is 14.5 Å². The molecule has 0 fully saturated rings. The highest BCUT2D eigenvalue weighted by Gasteiger charge is 2.19. The first-order valence-corrected chi connectivity index (χ1v) is 6.32. The largest absolute Gasteiger partial charge is 0.450 e. The van der Waals surface area contributed by atoms with Gasteiger partial charge in [-0.15, -0.1) is 0 Å². The zero-order chi connectivity index (χ0) is 14.9. The van der Waals surface area contributed by atoms with E-state index in [0.717, 1.165) is 0 Å². The fourth-order valence-electron chi connectivity index (χ4n) is 1.41. The normalized spacial score (nSPS) is 10.4. The van der Waals surface area contributed by atoms with Crippen molar-refractivity contribution in [1.29, 1.82) is 0 Å². The molecule has 0 radical (unpaired) electrons. The number of benzene rings is 2. The Hall–Kier alpha value is -1.73. The molecule has 0 saturated heterocycles. The molecular formula is C12H5BrClF2NO3. The van der Waals surface area contributed by atoms with Crippen molar-refractivity contribution in [3.05, 3.63) is 61.6 Å². The minimum Gasteiger partial charge on any atom is -0.450 e. The van der Waals surface area contributed by atoms with E-state index in [0.29, 0.717) is 16.6 Å². The Morgan fingerprint density at radius 2 is 1.80 bits per heavy atom. The zero-order valence-corrected chi connectivity index (χ0v) is 11.9. The highest BCUT2D eigenvalue weighted by atomic mass is 79.9. The smallest absolute Gasteiger partial charge is 0.275 e. The molecule has 20 heavy (non-hydrogen) atoms. The van der Waals surface area contributed by atoms with Crippen molar-refractivity contribution < 1.29 is 18.4 Å². The van der Waals surface area contributed by atoms with E-state index in [9.17, 15) is 18.9 Å². The Bertz CT molecular complexity index is 673. The number of hydrogen-bond acceptors (Lipinski definition) is 3. The highest BCUT2D eigenvalue weighted by Crippen LogP contribution is 2.35. The van der Waals surface area contributed by atoms with Crippen molar-refractivity contribution in [3.8, 4) is 11.5 Å². The Kier molecular flexibility index (Phi) is 4.20. The molecule has 0 bridgehead atoms. The van der Waals surface area contributed by atoms with Crippen LogP contribution in [0.3, 0.4) is 0 Å². The van der Waals surface area contributed by atoms with Crippen LogP contribution in [0.2, 0.25) is 5.02 Å². The summed E-state index contributed by atoms with van der Waals surface area (Å²) in [6.07, 6.45) is 0. The van der Waals surface area contributed by atoms with Crippen LogP contribution in [0, 0.1) is 21.7 Å². The molecule has 0 amide bonds. The fraction of sp³-hybridized carbons (Fsp3) is 0. The van der Waals surface area contributed by atoms with Crippen molar-refractivity contribution >= 4 is 33.2 Å². The zero-order valence-electron chi connectivity index (χ0n) is 9.57. The third-order valence-corrected chi connectivity index (χ3v) is 3.10. The number of rotatable bonds is 3. The summed E-state index contributed by atoms with van der Waals surface area (Å²) in [4.78, 5) is 9.58. The predicted octanol–water partition coefficient (Wildman–Crippen LogP) is 5.08. The summed E-state index contributed by atoms with van der Waals surface area (Å²) in [6, 6.07) is 5.66. The van der Waals surface area contributed by atoms with Gasteiger partial charge in [0.1, 0.15) is 5.75 Å². The summed E-state index contributed by atoms with van der Waals surface area (Å²) in [5.74, 6) is -3.11. The van der Waals surface area contributed by atoms with Gasteiger partial charge in [-0.05, 0) is 18.2 Å². The van der Waals surface area contributed by atoms with Gasteiger partial charge >= 0.3 is 0 Å². The Morgan fingerprint density at radius 1 is 1.20 bits per heavy atom. The number of nitro benzene ring substituents is 1. The van der Waals surface area contributed by atoms with E-state index in [1.54, 1.807) is 6.07 Å². The Morgan fingerprint density at radius 3 is 2.35 bits per heavy atom. The third-order valence-electron chi connectivity index (χ3n) is 2.30. The van der Waals surface area contributed by atoms with E-state index in [4.69, 9.17) is 16.3 Å². The maximum absolute atomic E-state index is 13.7. The van der Waals surface area contributed by atoms with Crippen molar-refractivity contribution in [2.75, 3.05) is 0 Å². The minimum atomic E-state index is -1.19. The summed E-state index contributed by atoms with van der Waals surface area (Å²) in [5.41, 5.74) is -0.701. The standard InChI is InChI=1S/C12H5BrClF2NO3/c13-6-1-2-8(14)11(3-6)20-12-9(15)4-7(17(18)19)5-10(12)16/h1-5H. The molecular weight excluding hydrogens is 359 g/mol. The number of halogens is 4. The first kappa shape index (κ1) is 14.7. The summed E-state index contributed by atoms with van der Waals surface area (Å²) in [7, 11) is 0. The molecule has 0 aliphatic carbocycles. The lowest BCUT2D eigenvalue weighted by molar-refractivity contribution is -0.385. The van der Waals surface area contributed by atoms with Gasteiger partial charge in [-0.1, -0.05) is 27.5 Å². The molecule has 0 saturated carbocycles. The summed E-state index contributed by atoms with van der Waals surface area (Å²) in [6.45, 7) is 0. The number of hydrogen-bond donors (Lipinski definition) is 0. The van der Waals surface area contributed by atoms with Crippen molar-refractivity contribution in [1.82, 2.24) is 0 Å². The highest BCUT2D eigenvalue weighted by molar-refractivity contribution is 9.10. The Balaban J connectivity index is 2.44. The van der Waals surface area contributed by atoms with Gasteiger partial charge in [0.25, 0.3) is 5.69 Å². The van der Waals surface area contributed by atoms with E-state index >= 15 is 0 Å². The molecule has 0 unspecified atom stereocenters. The maximum Gasteiger partial charge on any atom is 0.275 e. The molecule has 4 nitrogen and oxygen atoms in total. The van der Waals surface area contributed by atoms with Crippen molar-refractivity contribution in [2.24, 2.45) is 0 Å². The molecule has 2 rings (SSSR count). The molecule has 0 aliphatic heterocycles. The second-order valence-electron chi connectivity index (χ2n) is 3.67. The predicted molar refractivity (Wildman–Crippen MR) is 72.2 cm³/mol. The van der Waals surface area contributed by atoms with E-state index in [1.165, 1.54) is 12.1 Å². The van der Waals surface area contributed by atoms with Gasteiger partial charge in [-0.3, -0.25) is 10.1 Å². The van der Waals surface area contributed by atoms with Crippen LogP contribution < -0.4 is 4.74 Å². The number of ether oxygens (including phenoxy) is 1. The lowest BCUT2D eigenvalue weighted by atomic mass is 10.2.